The maximum absolute atomic E-state index is 13.8. The largest absolute Gasteiger partial charge is 0.352 e. The SMILES string of the molecule is CC[C@H](C)NC(=O)[C@H](C)N(Cc1ccc(Cl)cc1Cl)C(=O)CN(c1ccc(F)c(F)c1)S(C)(=O)=O. The lowest BCUT2D eigenvalue weighted by molar-refractivity contribution is -0.139. The van der Waals surface area contributed by atoms with E-state index in [0.29, 0.717) is 27.4 Å². The smallest absolute Gasteiger partial charge is 0.244 e. The molecule has 0 radical (unpaired) electrons. The summed E-state index contributed by atoms with van der Waals surface area (Å²) in [5, 5.41) is 3.42. The standard InChI is InChI=1S/C23H27Cl2F2N3O4S/c1-5-14(2)28-23(32)15(3)29(12-16-6-7-17(24)10-19(16)25)22(31)13-30(35(4,33)34)18-8-9-20(26)21(27)11-18/h6-11,14-15H,5,12-13H2,1-4H3,(H,28,32)/t14-,15-/m0/s1. The summed E-state index contributed by atoms with van der Waals surface area (Å²) in [6, 6.07) is 5.98. The van der Waals surface area contributed by atoms with Gasteiger partial charge in [-0.05, 0) is 50.1 Å². The Bertz CT molecular complexity index is 1200. The van der Waals surface area contributed by atoms with Crippen LogP contribution < -0.4 is 9.62 Å². The van der Waals surface area contributed by atoms with Crippen LogP contribution >= 0.6 is 23.2 Å². The average molecular weight is 550 g/mol. The molecular weight excluding hydrogens is 523 g/mol. The Kier molecular flexibility index (Phi) is 9.88. The molecule has 0 spiro atoms. The van der Waals surface area contributed by atoms with Gasteiger partial charge in [-0.3, -0.25) is 13.9 Å². The van der Waals surface area contributed by atoms with Gasteiger partial charge in [-0.1, -0.05) is 36.2 Å². The molecule has 192 valence electrons. The number of sulfonamides is 1. The van der Waals surface area contributed by atoms with Crippen LogP contribution in [0.25, 0.3) is 0 Å². The highest BCUT2D eigenvalue weighted by molar-refractivity contribution is 7.92. The van der Waals surface area contributed by atoms with E-state index >= 15 is 0 Å². The van der Waals surface area contributed by atoms with Crippen molar-refractivity contribution in [3.05, 3.63) is 63.6 Å². The number of carbonyl (C=O) groups is 2. The van der Waals surface area contributed by atoms with Crippen LogP contribution in [0.3, 0.4) is 0 Å². The van der Waals surface area contributed by atoms with Crippen molar-refractivity contribution < 1.29 is 26.8 Å². The van der Waals surface area contributed by atoms with Crippen LogP contribution in [0.5, 0.6) is 0 Å². The summed E-state index contributed by atoms with van der Waals surface area (Å²) in [4.78, 5) is 27.4. The van der Waals surface area contributed by atoms with Gasteiger partial charge in [-0.25, -0.2) is 17.2 Å². The molecule has 0 aliphatic carbocycles. The van der Waals surface area contributed by atoms with E-state index in [1.165, 1.54) is 17.9 Å². The lowest BCUT2D eigenvalue weighted by atomic mass is 10.1. The Morgan fingerprint density at radius 3 is 2.26 bits per heavy atom. The highest BCUT2D eigenvalue weighted by Gasteiger charge is 2.31. The third-order valence-electron chi connectivity index (χ3n) is 5.39. The van der Waals surface area contributed by atoms with Crippen LogP contribution in [0.1, 0.15) is 32.8 Å². The number of amides is 2. The molecule has 0 aliphatic heterocycles. The molecule has 35 heavy (non-hydrogen) atoms. The molecule has 0 fully saturated rings. The zero-order valence-electron chi connectivity index (χ0n) is 19.7. The van der Waals surface area contributed by atoms with E-state index in [4.69, 9.17) is 23.2 Å². The third kappa shape index (κ3) is 7.78. The first-order chi connectivity index (χ1) is 16.2. The van der Waals surface area contributed by atoms with E-state index in [1.54, 1.807) is 19.1 Å². The molecule has 0 aromatic heterocycles. The fourth-order valence-corrected chi connectivity index (χ4v) is 4.45. The summed E-state index contributed by atoms with van der Waals surface area (Å²) in [5.74, 6) is -3.63. The molecule has 0 unspecified atom stereocenters. The normalized spacial score (nSPS) is 13.1. The molecule has 2 aromatic carbocycles. The van der Waals surface area contributed by atoms with Gasteiger partial charge in [0, 0.05) is 28.7 Å². The third-order valence-corrected chi connectivity index (χ3v) is 7.12. The lowest BCUT2D eigenvalue weighted by Crippen LogP contribution is -2.52. The molecule has 12 heteroatoms. The van der Waals surface area contributed by atoms with E-state index in [0.717, 1.165) is 18.4 Å². The van der Waals surface area contributed by atoms with Crippen LogP contribution in [0.2, 0.25) is 10.0 Å². The number of hydrogen-bond acceptors (Lipinski definition) is 4. The second kappa shape index (κ2) is 12.0. The predicted molar refractivity (Wildman–Crippen MR) is 133 cm³/mol. The Hall–Kier alpha value is -2.43. The van der Waals surface area contributed by atoms with E-state index < -0.39 is 46.1 Å². The molecular formula is C23H27Cl2F2N3O4S. The number of anilines is 1. The molecule has 0 saturated carbocycles. The summed E-state index contributed by atoms with van der Waals surface area (Å²) in [7, 11) is -4.08. The minimum absolute atomic E-state index is 0.126. The van der Waals surface area contributed by atoms with Crippen molar-refractivity contribution in [1.82, 2.24) is 10.2 Å². The second-order valence-corrected chi connectivity index (χ2v) is 10.9. The molecule has 0 bridgehead atoms. The quantitative estimate of drug-likeness (QED) is 0.476. The van der Waals surface area contributed by atoms with E-state index in [9.17, 15) is 26.8 Å². The van der Waals surface area contributed by atoms with Gasteiger partial charge in [0.1, 0.15) is 12.6 Å². The molecule has 0 aliphatic rings. The van der Waals surface area contributed by atoms with Gasteiger partial charge in [-0.15, -0.1) is 0 Å². The zero-order chi connectivity index (χ0) is 26.5. The predicted octanol–water partition coefficient (Wildman–Crippen LogP) is 4.37. The average Bonchev–Trinajstić information content (AvgIpc) is 2.77. The number of carbonyl (C=O) groups excluding carboxylic acids is 2. The Morgan fingerprint density at radius 1 is 1.06 bits per heavy atom. The van der Waals surface area contributed by atoms with Crippen LogP contribution in [-0.4, -0.2) is 50.0 Å². The van der Waals surface area contributed by atoms with Crippen LogP contribution in [-0.2, 0) is 26.2 Å². The monoisotopic (exact) mass is 549 g/mol. The van der Waals surface area contributed by atoms with Crippen LogP contribution in [0.15, 0.2) is 36.4 Å². The summed E-state index contributed by atoms with van der Waals surface area (Å²) in [6.07, 6.45) is 1.49. The summed E-state index contributed by atoms with van der Waals surface area (Å²) in [6.45, 7) is 4.32. The Labute approximate surface area is 214 Å². The minimum Gasteiger partial charge on any atom is -0.352 e. The van der Waals surface area contributed by atoms with Crippen LogP contribution in [0.4, 0.5) is 14.5 Å². The molecule has 1 N–H and O–H groups in total. The number of halogens is 4. The second-order valence-electron chi connectivity index (χ2n) is 8.12. The van der Waals surface area contributed by atoms with Crippen molar-refractivity contribution in [1.29, 1.82) is 0 Å². The molecule has 7 nitrogen and oxygen atoms in total. The maximum Gasteiger partial charge on any atom is 0.244 e. The molecule has 2 rings (SSSR count). The van der Waals surface area contributed by atoms with Crippen molar-refractivity contribution in [2.45, 2.75) is 45.8 Å². The molecule has 0 saturated heterocycles. The fraction of sp³-hybridized carbons (Fsp3) is 0.391. The van der Waals surface area contributed by atoms with Gasteiger partial charge < -0.3 is 10.2 Å². The van der Waals surface area contributed by atoms with Gasteiger partial charge in [-0.2, -0.15) is 0 Å². The van der Waals surface area contributed by atoms with Gasteiger partial charge >= 0.3 is 0 Å². The number of hydrogen-bond donors (Lipinski definition) is 1. The van der Waals surface area contributed by atoms with Crippen molar-refractivity contribution in [2.24, 2.45) is 0 Å². The van der Waals surface area contributed by atoms with Gasteiger partial charge in [0.05, 0.1) is 11.9 Å². The van der Waals surface area contributed by atoms with Crippen molar-refractivity contribution in [2.75, 3.05) is 17.1 Å². The number of benzene rings is 2. The Balaban J connectivity index is 2.44. The van der Waals surface area contributed by atoms with Crippen molar-refractivity contribution in [3.63, 3.8) is 0 Å². The van der Waals surface area contributed by atoms with Gasteiger partial charge in [0.15, 0.2) is 11.6 Å². The first-order valence-corrected chi connectivity index (χ1v) is 13.3. The fourth-order valence-electron chi connectivity index (χ4n) is 3.14. The first kappa shape index (κ1) is 28.8. The summed E-state index contributed by atoms with van der Waals surface area (Å²) in [5.41, 5.74) is 0.243. The topological polar surface area (TPSA) is 86.8 Å². The summed E-state index contributed by atoms with van der Waals surface area (Å²) >= 11 is 12.2. The van der Waals surface area contributed by atoms with E-state index in [1.807, 2.05) is 6.92 Å². The Morgan fingerprint density at radius 2 is 1.71 bits per heavy atom. The maximum atomic E-state index is 13.8. The molecule has 0 heterocycles. The van der Waals surface area contributed by atoms with Crippen LogP contribution in [0, 0.1) is 11.6 Å². The number of nitrogens with one attached hydrogen (secondary N) is 1. The van der Waals surface area contributed by atoms with E-state index in [-0.39, 0.29) is 23.3 Å². The molecule has 2 amide bonds. The van der Waals surface area contributed by atoms with Gasteiger partial charge in [0.2, 0.25) is 21.8 Å². The zero-order valence-corrected chi connectivity index (χ0v) is 22.0. The number of rotatable bonds is 10. The van der Waals surface area contributed by atoms with Crippen molar-refractivity contribution >= 4 is 50.7 Å². The lowest BCUT2D eigenvalue weighted by Gasteiger charge is -2.32. The highest BCUT2D eigenvalue weighted by Crippen LogP contribution is 2.25. The molecule has 2 aromatic rings. The van der Waals surface area contributed by atoms with Crippen molar-refractivity contribution in [3.8, 4) is 0 Å². The summed E-state index contributed by atoms with van der Waals surface area (Å²) < 4.78 is 52.8. The number of nitrogens with zero attached hydrogens (tertiary/aromatic N) is 2. The minimum atomic E-state index is -4.08. The first-order valence-electron chi connectivity index (χ1n) is 10.7. The molecule has 2 atom stereocenters. The highest BCUT2D eigenvalue weighted by atomic mass is 35.5. The van der Waals surface area contributed by atoms with Gasteiger partial charge in [0.25, 0.3) is 0 Å². The van der Waals surface area contributed by atoms with E-state index in [2.05, 4.69) is 5.32 Å².